The van der Waals surface area contributed by atoms with Crippen molar-refractivity contribution in [2.24, 2.45) is 11.3 Å². The summed E-state index contributed by atoms with van der Waals surface area (Å²) in [6, 6.07) is 22.6. The highest BCUT2D eigenvalue weighted by Gasteiger charge is 2.46. The monoisotopic (exact) mass is 620 g/mol. The second kappa shape index (κ2) is 11.9. The summed E-state index contributed by atoms with van der Waals surface area (Å²) in [4.78, 5) is 37.3. The molecule has 0 radical (unpaired) electrons. The van der Waals surface area contributed by atoms with Gasteiger partial charge in [0.25, 0.3) is 5.56 Å². The molecule has 1 amide bonds. The number of nitrogens with zero attached hydrogens (tertiary/aromatic N) is 4. The van der Waals surface area contributed by atoms with Crippen LogP contribution in [0.4, 0.5) is 5.69 Å². The van der Waals surface area contributed by atoms with Crippen LogP contribution >= 0.6 is 35.0 Å². The maximum absolute atomic E-state index is 14.2. The van der Waals surface area contributed by atoms with E-state index in [2.05, 4.69) is 24.8 Å². The minimum atomic E-state index is -0.371. The highest BCUT2D eigenvalue weighted by Crippen LogP contribution is 2.42. The number of hydrogen-bond donors (Lipinski definition) is 0. The summed E-state index contributed by atoms with van der Waals surface area (Å²) in [6.45, 7) is 7.61. The van der Waals surface area contributed by atoms with Crippen molar-refractivity contribution < 1.29 is 4.79 Å². The molecule has 1 spiro atoms. The predicted molar refractivity (Wildman–Crippen MR) is 173 cm³/mol. The molecule has 6 nitrogen and oxygen atoms in total. The molecule has 0 saturated carbocycles. The van der Waals surface area contributed by atoms with Crippen molar-refractivity contribution in [3.63, 3.8) is 0 Å². The van der Waals surface area contributed by atoms with E-state index in [4.69, 9.17) is 28.2 Å². The quantitative estimate of drug-likeness (QED) is 0.160. The Morgan fingerprint density at radius 3 is 2.36 bits per heavy atom. The molecular weight excluding hydrogens is 587 g/mol. The molecule has 3 heterocycles. The molecule has 6 rings (SSSR count). The number of halogens is 2. The number of rotatable bonds is 7. The number of aromatic nitrogens is 2. The van der Waals surface area contributed by atoms with Crippen LogP contribution in [0.25, 0.3) is 16.6 Å². The van der Waals surface area contributed by atoms with Crippen LogP contribution in [0.3, 0.4) is 0 Å². The lowest BCUT2D eigenvalue weighted by Crippen LogP contribution is -2.39. The number of thioether (sulfide) groups is 1. The largest absolute Gasteiger partial charge is 0.371 e. The van der Waals surface area contributed by atoms with Crippen molar-refractivity contribution in [1.29, 1.82) is 0 Å². The number of hydrogen-bond acceptors (Lipinski definition) is 5. The smallest absolute Gasteiger partial charge is 0.266 e. The lowest BCUT2D eigenvalue weighted by molar-refractivity contribution is -0.130. The zero-order valence-corrected chi connectivity index (χ0v) is 26.1. The van der Waals surface area contributed by atoms with Gasteiger partial charge in [-0.3, -0.25) is 14.2 Å². The second-order valence-electron chi connectivity index (χ2n) is 11.9. The minimum absolute atomic E-state index is 0.0785. The van der Waals surface area contributed by atoms with E-state index in [1.807, 2.05) is 53.4 Å². The molecule has 42 heavy (non-hydrogen) atoms. The zero-order valence-electron chi connectivity index (χ0n) is 23.8. The van der Waals surface area contributed by atoms with Crippen LogP contribution in [-0.4, -0.2) is 51.8 Å². The van der Waals surface area contributed by atoms with Crippen LogP contribution in [0.5, 0.6) is 0 Å². The molecule has 2 fully saturated rings. The molecule has 4 aromatic rings. The van der Waals surface area contributed by atoms with Crippen LogP contribution in [0.1, 0.15) is 33.1 Å². The van der Waals surface area contributed by atoms with Crippen molar-refractivity contribution >= 4 is 57.5 Å². The Kier molecular flexibility index (Phi) is 8.27. The van der Waals surface area contributed by atoms with Crippen LogP contribution in [0.15, 0.2) is 82.7 Å². The lowest BCUT2D eigenvalue weighted by atomic mass is 9.86. The normalized spacial score (nSPS) is 19.4. The van der Waals surface area contributed by atoms with Gasteiger partial charge in [-0.25, -0.2) is 4.98 Å². The van der Waals surface area contributed by atoms with E-state index in [0.717, 1.165) is 49.7 Å². The number of carbonyl (C=O) groups is 1. The topological polar surface area (TPSA) is 58.4 Å². The average molecular weight is 622 g/mol. The third-order valence-electron chi connectivity index (χ3n) is 8.38. The summed E-state index contributed by atoms with van der Waals surface area (Å²) in [5.74, 6) is 0.409. The van der Waals surface area contributed by atoms with Gasteiger partial charge in [0.2, 0.25) is 5.91 Å². The molecule has 2 aliphatic heterocycles. The fourth-order valence-electron chi connectivity index (χ4n) is 6.28. The molecule has 3 aromatic carbocycles. The molecule has 0 N–H and O–H groups in total. The summed E-state index contributed by atoms with van der Waals surface area (Å²) < 4.78 is 1.60. The van der Waals surface area contributed by atoms with Crippen LogP contribution in [0, 0.1) is 11.3 Å². The number of likely N-dealkylation sites (tertiary alicyclic amines) is 1. The van der Waals surface area contributed by atoms with Crippen molar-refractivity contribution in [3.05, 3.63) is 93.2 Å². The third-order valence-corrected chi connectivity index (χ3v) is 10.0. The number of para-hydroxylation sites is 1. The van der Waals surface area contributed by atoms with Gasteiger partial charge in [-0.15, -0.1) is 0 Å². The van der Waals surface area contributed by atoms with E-state index < -0.39 is 0 Å². The van der Waals surface area contributed by atoms with Gasteiger partial charge in [0.05, 0.1) is 21.8 Å². The van der Waals surface area contributed by atoms with Gasteiger partial charge in [0.15, 0.2) is 5.16 Å². The average Bonchev–Trinajstić information content (AvgIpc) is 3.59. The molecular formula is C33H34Cl2N4O2S. The maximum atomic E-state index is 14.2. The minimum Gasteiger partial charge on any atom is -0.371 e. The Balaban J connectivity index is 1.28. The van der Waals surface area contributed by atoms with E-state index in [9.17, 15) is 9.59 Å². The molecule has 1 aromatic heterocycles. The van der Waals surface area contributed by atoms with E-state index in [-0.39, 0.29) is 22.1 Å². The predicted octanol–water partition coefficient (Wildman–Crippen LogP) is 7.33. The van der Waals surface area contributed by atoms with E-state index >= 15 is 0 Å². The van der Waals surface area contributed by atoms with Gasteiger partial charge in [-0.1, -0.05) is 73.1 Å². The SMILES string of the molecule is CC(C)CC(Sc1nc2ccccc2c(=O)n1-c1cccc(Cl)c1)C(=O)N1CCC2(CCN(c3cccc(Cl)c3)C2)C1. The van der Waals surface area contributed by atoms with Gasteiger partial charge in [-0.2, -0.15) is 0 Å². The lowest BCUT2D eigenvalue weighted by Gasteiger charge is -2.28. The Hall–Kier alpha value is -3.00. The van der Waals surface area contributed by atoms with E-state index in [1.165, 1.54) is 11.8 Å². The number of fused-ring (bicyclic) bond motifs is 1. The third kappa shape index (κ3) is 5.92. The summed E-state index contributed by atoms with van der Waals surface area (Å²) >= 11 is 14.0. The number of benzene rings is 3. The fraction of sp³-hybridized carbons (Fsp3) is 0.364. The highest BCUT2D eigenvalue weighted by molar-refractivity contribution is 8.00. The Bertz CT molecular complexity index is 1690. The number of amides is 1. The Morgan fingerprint density at radius 2 is 1.62 bits per heavy atom. The summed E-state index contributed by atoms with van der Waals surface area (Å²) in [5.41, 5.74) is 2.30. The van der Waals surface area contributed by atoms with Gasteiger partial charge >= 0.3 is 0 Å². The summed E-state index contributed by atoms with van der Waals surface area (Å²) in [6.07, 6.45) is 2.71. The standard InChI is InChI=1S/C33H34Cl2N4O2S/c1-22(2)17-29(31(41)38-16-14-33(21-38)13-15-37(20-33)25-9-5-7-23(34)18-25)42-32-36-28-12-4-3-11-27(28)30(40)39(32)26-10-6-8-24(35)19-26/h3-12,18-19,22,29H,13-17,20-21H2,1-2H3. The van der Waals surface area contributed by atoms with E-state index in [1.54, 1.807) is 22.8 Å². The summed E-state index contributed by atoms with van der Waals surface area (Å²) in [5, 5.41) is 1.93. The molecule has 218 valence electrons. The summed E-state index contributed by atoms with van der Waals surface area (Å²) in [7, 11) is 0. The Morgan fingerprint density at radius 1 is 0.929 bits per heavy atom. The van der Waals surface area contributed by atoms with Crippen molar-refractivity contribution in [2.75, 3.05) is 31.1 Å². The van der Waals surface area contributed by atoms with Gasteiger partial charge in [0.1, 0.15) is 0 Å². The van der Waals surface area contributed by atoms with Gasteiger partial charge < -0.3 is 9.80 Å². The van der Waals surface area contributed by atoms with Crippen LogP contribution in [0.2, 0.25) is 10.0 Å². The first-order chi connectivity index (χ1) is 20.2. The number of carbonyl (C=O) groups excluding carboxylic acids is 1. The Labute approximate surface area is 260 Å². The molecule has 2 saturated heterocycles. The second-order valence-corrected chi connectivity index (χ2v) is 14.0. The highest BCUT2D eigenvalue weighted by atomic mass is 35.5. The maximum Gasteiger partial charge on any atom is 0.266 e. The zero-order chi connectivity index (χ0) is 29.4. The van der Waals surface area contributed by atoms with Gasteiger partial charge in [0, 0.05) is 47.3 Å². The molecule has 2 atom stereocenters. The van der Waals surface area contributed by atoms with E-state index in [0.29, 0.717) is 39.1 Å². The molecule has 0 bridgehead atoms. The molecule has 9 heteroatoms. The van der Waals surface area contributed by atoms with Crippen molar-refractivity contribution in [3.8, 4) is 5.69 Å². The first-order valence-electron chi connectivity index (χ1n) is 14.5. The first kappa shape index (κ1) is 29.1. The van der Waals surface area contributed by atoms with Crippen molar-refractivity contribution in [1.82, 2.24) is 14.5 Å². The molecule has 0 aliphatic carbocycles. The molecule has 2 unspecified atom stereocenters. The first-order valence-corrected chi connectivity index (χ1v) is 16.1. The van der Waals surface area contributed by atoms with Gasteiger partial charge in [-0.05, 0) is 73.7 Å². The number of anilines is 1. The molecule has 2 aliphatic rings. The van der Waals surface area contributed by atoms with Crippen LogP contribution < -0.4 is 10.5 Å². The fourth-order valence-corrected chi connectivity index (χ4v) is 8.08. The van der Waals surface area contributed by atoms with Crippen LogP contribution in [-0.2, 0) is 4.79 Å². The van der Waals surface area contributed by atoms with Crippen molar-refractivity contribution in [2.45, 2.75) is 43.5 Å².